The van der Waals surface area contributed by atoms with E-state index in [2.05, 4.69) is 15.2 Å². The lowest BCUT2D eigenvalue weighted by Crippen LogP contribution is -2.49. The van der Waals surface area contributed by atoms with Crippen LogP contribution in [-0.2, 0) is 11.3 Å². The van der Waals surface area contributed by atoms with E-state index in [4.69, 9.17) is 4.74 Å². The van der Waals surface area contributed by atoms with E-state index in [9.17, 15) is 9.59 Å². The second-order valence-corrected chi connectivity index (χ2v) is 8.96. The maximum absolute atomic E-state index is 12.9. The number of carbonyl (C=O) groups is 2. The molecule has 0 bridgehead atoms. The molecule has 7 heteroatoms. The summed E-state index contributed by atoms with van der Waals surface area (Å²) in [5.74, 6) is 2.32. The third-order valence-corrected chi connectivity index (χ3v) is 6.82. The maximum atomic E-state index is 12.9. The molecule has 1 aliphatic carbocycles. The van der Waals surface area contributed by atoms with E-state index in [1.54, 1.807) is 19.4 Å². The Hall–Kier alpha value is -3.09. The Bertz CT molecular complexity index is 933. The SMILES string of the molecule is COc1ccc(CNC(=O)c2cccnc2N2CCN(C(=O)CCC3CCCC3)CC2)cc1. The highest BCUT2D eigenvalue weighted by molar-refractivity contribution is 5.98. The minimum atomic E-state index is -0.149. The van der Waals surface area contributed by atoms with Gasteiger partial charge in [-0.05, 0) is 42.2 Å². The van der Waals surface area contributed by atoms with E-state index in [1.165, 1.54) is 25.7 Å². The van der Waals surface area contributed by atoms with Gasteiger partial charge in [-0.25, -0.2) is 4.98 Å². The van der Waals surface area contributed by atoms with E-state index >= 15 is 0 Å². The zero-order valence-corrected chi connectivity index (χ0v) is 19.5. The molecule has 2 heterocycles. The maximum Gasteiger partial charge on any atom is 0.255 e. The number of aromatic nitrogens is 1. The van der Waals surface area contributed by atoms with Gasteiger partial charge in [0.1, 0.15) is 11.6 Å². The lowest BCUT2D eigenvalue weighted by molar-refractivity contribution is -0.131. The number of nitrogens with one attached hydrogen (secondary N) is 1. The molecule has 1 saturated heterocycles. The summed E-state index contributed by atoms with van der Waals surface area (Å²) in [7, 11) is 1.63. The molecule has 2 aliphatic rings. The number of ether oxygens (including phenoxy) is 1. The number of piperazine rings is 1. The highest BCUT2D eigenvalue weighted by atomic mass is 16.5. The van der Waals surface area contributed by atoms with Gasteiger partial charge in [0.15, 0.2) is 0 Å². The van der Waals surface area contributed by atoms with Crippen LogP contribution in [0.4, 0.5) is 5.82 Å². The molecule has 1 aromatic heterocycles. The summed E-state index contributed by atoms with van der Waals surface area (Å²) in [5.41, 5.74) is 1.56. The van der Waals surface area contributed by atoms with E-state index in [-0.39, 0.29) is 11.8 Å². The van der Waals surface area contributed by atoms with E-state index in [0.717, 1.165) is 23.7 Å². The molecule has 7 nitrogen and oxygen atoms in total. The van der Waals surface area contributed by atoms with Crippen molar-refractivity contribution in [3.63, 3.8) is 0 Å². The Balaban J connectivity index is 1.30. The number of carbonyl (C=O) groups excluding carboxylic acids is 2. The van der Waals surface area contributed by atoms with Crippen LogP contribution in [0.15, 0.2) is 42.6 Å². The standard InChI is InChI=1S/C26H34N4O3/c1-33-22-11-8-21(9-12-22)19-28-26(32)23-7-4-14-27-25(23)30-17-15-29(16-18-30)24(31)13-10-20-5-2-3-6-20/h4,7-9,11-12,14,20H,2-3,5-6,10,13,15-19H2,1H3,(H,28,32). The summed E-state index contributed by atoms with van der Waals surface area (Å²) in [6, 6.07) is 11.2. The molecule has 0 spiro atoms. The summed E-state index contributed by atoms with van der Waals surface area (Å²) >= 11 is 0. The molecule has 4 rings (SSSR count). The third-order valence-electron chi connectivity index (χ3n) is 6.82. The summed E-state index contributed by atoms with van der Waals surface area (Å²) in [6.07, 6.45) is 8.60. The van der Waals surface area contributed by atoms with Crippen molar-refractivity contribution in [2.24, 2.45) is 5.92 Å². The molecule has 33 heavy (non-hydrogen) atoms. The molecule has 2 aromatic rings. The van der Waals surface area contributed by atoms with Gasteiger partial charge in [0.05, 0.1) is 12.7 Å². The van der Waals surface area contributed by atoms with Gasteiger partial charge in [0.25, 0.3) is 5.91 Å². The van der Waals surface area contributed by atoms with Gasteiger partial charge in [0.2, 0.25) is 5.91 Å². The molecule has 0 radical (unpaired) electrons. The van der Waals surface area contributed by atoms with Crippen LogP contribution in [0.2, 0.25) is 0 Å². The minimum absolute atomic E-state index is 0.149. The fourth-order valence-corrected chi connectivity index (χ4v) is 4.80. The smallest absolute Gasteiger partial charge is 0.255 e. The zero-order chi connectivity index (χ0) is 23.0. The second kappa shape index (κ2) is 11.2. The quantitative estimate of drug-likeness (QED) is 0.665. The third kappa shape index (κ3) is 6.03. The van der Waals surface area contributed by atoms with E-state index in [1.807, 2.05) is 35.2 Å². The molecular weight excluding hydrogens is 416 g/mol. The number of hydrogen-bond donors (Lipinski definition) is 1. The topological polar surface area (TPSA) is 74.8 Å². The molecule has 1 aliphatic heterocycles. The number of benzene rings is 1. The number of rotatable bonds is 8. The van der Waals surface area contributed by atoms with Crippen LogP contribution in [0, 0.1) is 5.92 Å². The molecular formula is C26H34N4O3. The minimum Gasteiger partial charge on any atom is -0.497 e. The van der Waals surface area contributed by atoms with Crippen LogP contribution in [0.1, 0.15) is 54.4 Å². The van der Waals surface area contributed by atoms with Crippen molar-refractivity contribution in [2.75, 3.05) is 38.2 Å². The normalized spacial score (nSPS) is 16.6. The average Bonchev–Trinajstić information content (AvgIpc) is 3.40. The van der Waals surface area contributed by atoms with Gasteiger partial charge in [-0.3, -0.25) is 9.59 Å². The lowest BCUT2D eigenvalue weighted by atomic mass is 10.0. The fraction of sp³-hybridized carbons (Fsp3) is 0.500. The predicted molar refractivity (Wildman–Crippen MR) is 128 cm³/mol. The Morgan fingerprint density at radius 1 is 1.06 bits per heavy atom. The van der Waals surface area contributed by atoms with Gasteiger partial charge in [-0.1, -0.05) is 37.8 Å². The first-order valence-electron chi connectivity index (χ1n) is 12.0. The number of methoxy groups -OCH3 is 1. The van der Waals surface area contributed by atoms with Crippen LogP contribution >= 0.6 is 0 Å². The molecule has 1 saturated carbocycles. The van der Waals surface area contributed by atoms with Crippen LogP contribution in [0.5, 0.6) is 5.75 Å². The number of hydrogen-bond acceptors (Lipinski definition) is 5. The van der Waals surface area contributed by atoms with Gasteiger partial charge < -0.3 is 19.9 Å². The molecule has 1 N–H and O–H groups in total. The Morgan fingerprint density at radius 3 is 2.48 bits per heavy atom. The lowest BCUT2D eigenvalue weighted by Gasteiger charge is -2.36. The molecule has 0 unspecified atom stereocenters. The molecule has 2 amide bonds. The Kier molecular flexibility index (Phi) is 7.81. The van der Waals surface area contributed by atoms with Crippen molar-refractivity contribution in [2.45, 2.75) is 45.1 Å². The average molecular weight is 451 g/mol. The molecule has 1 aromatic carbocycles. The molecule has 2 fully saturated rings. The zero-order valence-electron chi connectivity index (χ0n) is 19.5. The van der Waals surface area contributed by atoms with E-state index in [0.29, 0.717) is 50.5 Å². The summed E-state index contributed by atoms with van der Waals surface area (Å²) in [5, 5.41) is 2.99. The number of nitrogens with zero attached hydrogens (tertiary/aromatic N) is 3. The first-order chi connectivity index (χ1) is 16.1. The van der Waals surface area contributed by atoms with Crippen molar-refractivity contribution < 1.29 is 14.3 Å². The van der Waals surface area contributed by atoms with Crippen molar-refractivity contribution >= 4 is 17.6 Å². The van der Waals surface area contributed by atoms with E-state index < -0.39 is 0 Å². The van der Waals surface area contributed by atoms with Gasteiger partial charge in [-0.15, -0.1) is 0 Å². The first kappa shape index (κ1) is 23.1. The Morgan fingerprint density at radius 2 is 1.79 bits per heavy atom. The number of pyridine rings is 1. The first-order valence-corrected chi connectivity index (χ1v) is 12.0. The predicted octanol–water partition coefficient (Wildman–Crippen LogP) is 3.64. The fourth-order valence-electron chi connectivity index (χ4n) is 4.80. The molecule has 176 valence electrons. The van der Waals surface area contributed by atoms with Crippen LogP contribution in [0.3, 0.4) is 0 Å². The monoisotopic (exact) mass is 450 g/mol. The van der Waals surface area contributed by atoms with Gasteiger partial charge in [0, 0.05) is 45.3 Å². The Labute approximate surface area is 196 Å². The van der Waals surface area contributed by atoms with Gasteiger partial charge in [-0.2, -0.15) is 0 Å². The van der Waals surface area contributed by atoms with Crippen LogP contribution in [0.25, 0.3) is 0 Å². The van der Waals surface area contributed by atoms with Crippen LogP contribution in [-0.4, -0.2) is 55.0 Å². The highest BCUT2D eigenvalue weighted by Crippen LogP contribution is 2.29. The summed E-state index contributed by atoms with van der Waals surface area (Å²) in [6.45, 7) is 3.15. The van der Waals surface area contributed by atoms with Crippen LogP contribution < -0.4 is 15.0 Å². The van der Waals surface area contributed by atoms with Crippen molar-refractivity contribution in [1.29, 1.82) is 0 Å². The van der Waals surface area contributed by atoms with Crippen molar-refractivity contribution in [1.82, 2.24) is 15.2 Å². The van der Waals surface area contributed by atoms with Crippen molar-refractivity contribution in [3.05, 3.63) is 53.7 Å². The molecule has 0 atom stereocenters. The summed E-state index contributed by atoms with van der Waals surface area (Å²) < 4.78 is 5.18. The second-order valence-electron chi connectivity index (χ2n) is 8.96. The number of anilines is 1. The van der Waals surface area contributed by atoms with Gasteiger partial charge >= 0.3 is 0 Å². The number of amides is 2. The summed E-state index contributed by atoms with van der Waals surface area (Å²) in [4.78, 5) is 34.2. The largest absolute Gasteiger partial charge is 0.497 e. The highest BCUT2D eigenvalue weighted by Gasteiger charge is 2.25. The van der Waals surface area contributed by atoms with Crippen molar-refractivity contribution in [3.8, 4) is 5.75 Å².